The number of benzene rings is 1. The summed E-state index contributed by atoms with van der Waals surface area (Å²) in [7, 11) is 1.48. The average Bonchev–Trinajstić information content (AvgIpc) is 2.38. The van der Waals surface area contributed by atoms with Crippen molar-refractivity contribution >= 4 is 16.8 Å². The van der Waals surface area contributed by atoms with Crippen molar-refractivity contribution < 1.29 is 19.1 Å². The first-order valence-corrected chi connectivity index (χ1v) is 5.80. The van der Waals surface area contributed by atoms with E-state index in [1.54, 1.807) is 18.2 Å². The molecule has 5 nitrogen and oxygen atoms in total. The number of hydrogen-bond acceptors (Lipinski definition) is 5. The average molecular weight is 262 g/mol. The van der Waals surface area contributed by atoms with E-state index in [1.807, 2.05) is 0 Å². The van der Waals surface area contributed by atoms with Crippen molar-refractivity contribution in [3.63, 3.8) is 0 Å². The highest BCUT2D eigenvalue weighted by Gasteiger charge is 2.15. The molecule has 0 aliphatic heterocycles. The summed E-state index contributed by atoms with van der Waals surface area (Å²) in [4.78, 5) is 22.2. The van der Waals surface area contributed by atoms with Gasteiger partial charge in [0.1, 0.15) is 17.4 Å². The van der Waals surface area contributed by atoms with Crippen LogP contribution in [0.2, 0.25) is 0 Å². The monoisotopic (exact) mass is 262 g/mol. The number of carbonyl (C=O) groups is 1. The van der Waals surface area contributed by atoms with Gasteiger partial charge in [-0.05, 0) is 24.6 Å². The van der Waals surface area contributed by atoms with Crippen LogP contribution in [0.3, 0.4) is 0 Å². The third kappa shape index (κ3) is 2.82. The van der Waals surface area contributed by atoms with Crippen LogP contribution in [0.15, 0.2) is 33.5 Å². The van der Waals surface area contributed by atoms with Gasteiger partial charge in [-0.1, -0.05) is 0 Å². The summed E-state index contributed by atoms with van der Waals surface area (Å²) >= 11 is 0. The number of Topliss-reactive ketones (excluding diaryl/α,β-unsaturated/α-hetero) is 1. The molecule has 1 aromatic carbocycles. The van der Waals surface area contributed by atoms with Crippen LogP contribution in [0.5, 0.6) is 5.75 Å². The van der Waals surface area contributed by atoms with Crippen molar-refractivity contribution in [2.75, 3.05) is 7.11 Å². The predicted octanol–water partition coefficient (Wildman–Crippen LogP) is 1.29. The number of carbonyl (C=O) groups excluding carboxylic acids is 1. The summed E-state index contributed by atoms with van der Waals surface area (Å²) in [6, 6.07) is 6.27. The Balaban J connectivity index is 2.51. The molecule has 1 atom stereocenters. The number of aliphatic hydroxyl groups excluding tert-OH is 1. The van der Waals surface area contributed by atoms with Crippen LogP contribution in [-0.2, 0) is 11.2 Å². The van der Waals surface area contributed by atoms with E-state index in [9.17, 15) is 14.7 Å². The highest BCUT2D eigenvalue weighted by atomic mass is 16.5. The van der Waals surface area contributed by atoms with Crippen molar-refractivity contribution in [1.82, 2.24) is 0 Å². The van der Waals surface area contributed by atoms with E-state index in [-0.39, 0.29) is 12.2 Å². The van der Waals surface area contributed by atoms with Crippen LogP contribution in [0, 0.1) is 0 Å². The second-order valence-electron chi connectivity index (χ2n) is 4.29. The lowest BCUT2D eigenvalue weighted by Crippen LogP contribution is -2.20. The fourth-order valence-electron chi connectivity index (χ4n) is 1.85. The van der Waals surface area contributed by atoms with Gasteiger partial charge in [0.05, 0.1) is 7.11 Å². The van der Waals surface area contributed by atoms with Gasteiger partial charge in [-0.3, -0.25) is 4.79 Å². The van der Waals surface area contributed by atoms with Crippen LogP contribution in [-0.4, -0.2) is 24.1 Å². The first-order valence-electron chi connectivity index (χ1n) is 5.80. The Morgan fingerprint density at radius 3 is 2.79 bits per heavy atom. The minimum atomic E-state index is -1.07. The van der Waals surface area contributed by atoms with Crippen LogP contribution < -0.4 is 10.4 Å². The maximum atomic E-state index is 11.1. The Labute approximate surface area is 109 Å². The van der Waals surface area contributed by atoms with Gasteiger partial charge >= 0.3 is 5.63 Å². The van der Waals surface area contributed by atoms with E-state index in [4.69, 9.17) is 9.15 Å². The summed E-state index contributed by atoms with van der Waals surface area (Å²) in [6.07, 6.45) is -0.907. The molecule has 2 rings (SSSR count). The van der Waals surface area contributed by atoms with E-state index < -0.39 is 11.7 Å². The molecule has 0 unspecified atom stereocenters. The maximum absolute atomic E-state index is 11.1. The maximum Gasteiger partial charge on any atom is 0.336 e. The Morgan fingerprint density at radius 1 is 1.42 bits per heavy atom. The van der Waals surface area contributed by atoms with E-state index in [2.05, 4.69) is 0 Å². The summed E-state index contributed by atoms with van der Waals surface area (Å²) in [5.74, 6) is 0.170. The van der Waals surface area contributed by atoms with Crippen LogP contribution in [0.4, 0.5) is 0 Å². The van der Waals surface area contributed by atoms with Crippen molar-refractivity contribution in [2.24, 2.45) is 0 Å². The quantitative estimate of drug-likeness (QED) is 0.840. The highest BCUT2D eigenvalue weighted by molar-refractivity contribution is 5.82. The lowest BCUT2D eigenvalue weighted by atomic mass is 10.0. The zero-order valence-corrected chi connectivity index (χ0v) is 10.7. The number of rotatable bonds is 4. The SMILES string of the molecule is COc1cc2oc(=O)ccc2cc1C[C@@H](O)C(C)=O. The number of fused-ring (bicyclic) bond motifs is 1. The van der Waals surface area contributed by atoms with Crippen LogP contribution in [0.1, 0.15) is 12.5 Å². The smallest absolute Gasteiger partial charge is 0.336 e. The van der Waals surface area contributed by atoms with Gasteiger partial charge in [-0.2, -0.15) is 0 Å². The minimum absolute atomic E-state index is 0.160. The molecule has 0 bridgehead atoms. The predicted molar refractivity (Wildman–Crippen MR) is 69.4 cm³/mol. The molecular weight excluding hydrogens is 248 g/mol. The lowest BCUT2D eigenvalue weighted by molar-refractivity contribution is -0.124. The minimum Gasteiger partial charge on any atom is -0.496 e. The second-order valence-corrected chi connectivity index (χ2v) is 4.29. The molecular formula is C14H14O5. The molecule has 1 aromatic heterocycles. The molecule has 5 heteroatoms. The highest BCUT2D eigenvalue weighted by Crippen LogP contribution is 2.26. The van der Waals surface area contributed by atoms with E-state index >= 15 is 0 Å². The molecule has 0 spiro atoms. The topological polar surface area (TPSA) is 76.7 Å². The van der Waals surface area contributed by atoms with E-state index in [1.165, 1.54) is 20.1 Å². The lowest BCUT2D eigenvalue weighted by Gasteiger charge is -2.12. The van der Waals surface area contributed by atoms with Crippen molar-refractivity contribution in [1.29, 1.82) is 0 Å². The molecule has 0 aliphatic carbocycles. The first kappa shape index (κ1) is 13.3. The Bertz CT molecular complexity index is 671. The zero-order chi connectivity index (χ0) is 14.0. The van der Waals surface area contributed by atoms with Crippen LogP contribution >= 0.6 is 0 Å². The van der Waals surface area contributed by atoms with Gasteiger partial charge in [-0.15, -0.1) is 0 Å². The molecule has 0 amide bonds. The van der Waals surface area contributed by atoms with Crippen LogP contribution in [0.25, 0.3) is 11.0 Å². The zero-order valence-electron chi connectivity index (χ0n) is 10.7. The summed E-state index contributed by atoms with van der Waals surface area (Å²) in [5, 5.41) is 10.4. The molecule has 100 valence electrons. The number of ketones is 1. The molecule has 0 saturated heterocycles. The number of aliphatic hydroxyl groups is 1. The van der Waals surface area contributed by atoms with Gasteiger partial charge in [0, 0.05) is 23.9 Å². The third-order valence-corrected chi connectivity index (χ3v) is 2.90. The van der Waals surface area contributed by atoms with Crippen molar-refractivity contribution in [2.45, 2.75) is 19.4 Å². The number of ether oxygens (including phenoxy) is 1. The molecule has 0 radical (unpaired) electrons. The summed E-state index contributed by atoms with van der Waals surface area (Å²) in [6.45, 7) is 1.33. The Hall–Kier alpha value is -2.14. The molecule has 1 N–H and O–H groups in total. The van der Waals surface area contributed by atoms with Crippen molar-refractivity contribution in [3.05, 3.63) is 40.2 Å². The fraction of sp³-hybridized carbons (Fsp3) is 0.286. The van der Waals surface area contributed by atoms with Gasteiger partial charge in [0.25, 0.3) is 0 Å². The van der Waals surface area contributed by atoms with Gasteiger partial charge in [0.15, 0.2) is 5.78 Å². The standard InChI is InChI=1S/C14H14O5/c1-8(15)11(16)6-10-5-9-3-4-14(17)19-13(9)7-12(10)18-2/h3-5,7,11,16H,6H2,1-2H3/t11-/m1/s1. The van der Waals surface area contributed by atoms with Gasteiger partial charge in [-0.25, -0.2) is 4.79 Å². The molecule has 2 aromatic rings. The molecule has 1 heterocycles. The van der Waals surface area contributed by atoms with Gasteiger partial charge in [0.2, 0.25) is 0 Å². The van der Waals surface area contributed by atoms with Crippen molar-refractivity contribution in [3.8, 4) is 5.75 Å². The third-order valence-electron chi connectivity index (χ3n) is 2.90. The van der Waals surface area contributed by atoms with E-state index in [0.717, 1.165) is 0 Å². The normalized spacial score (nSPS) is 12.4. The molecule has 19 heavy (non-hydrogen) atoms. The summed E-state index contributed by atoms with van der Waals surface area (Å²) < 4.78 is 10.2. The molecule has 0 saturated carbocycles. The Morgan fingerprint density at radius 2 is 2.16 bits per heavy atom. The second kappa shape index (κ2) is 5.24. The number of methoxy groups -OCH3 is 1. The largest absolute Gasteiger partial charge is 0.496 e. The molecule has 0 fully saturated rings. The first-order chi connectivity index (χ1) is 9.01. The van der Waals surface area contributed by atoms with Gasteiger partial charge < -0.3 is 14.3 Å². The van der Waals surface area contributed by atoms with E-state index in [0.29, 0.717) is 22.3 Å². The number of hydrogen-bond donors (Lipinski definition) is 1. The fourth-order valence-corrected chi connectivity index (χ4v) is 1.85. The summed E-state index contributed by atoms with van der Waals surface area (Å²) in [5.41, 5.74) is 0.656. The Kier molecular flexibility index (Phi) is 3.66. The molecule has 0 aliphatic rings.